The minimum absolute atomic E-state index is 0.0948. The molecule has 0 fully saturated rings. The quantitative estimate of drug-likeness (QED) is 0.835. The summed E-state index contributed by atoms with van der Waals surface area (Å²) in [6.45, 7) is 4.38. The van der Waals surface area contributed by atoms with Crippen LogP contribution in [0.15, 0.2) is 18.2 Å². The smallest absolute Gasteiger partial charge is 0.422 e. The lowest BCUT2D eigenvalue weighted by Crippen LogP contribution is -2.20. The number of nitrogens with one attached hydrogen (secondary N) is 1. The van der Waals surface area contributed by atoms with Gasteiger partial charge in [-0.15, -0.1) is 0 Å². The average Bonchev–Trinajstić information content (AvgIpc) is 2.35. The molecule has 0 amide bonds. The largest absolute Gasteiger partial charge is 0.493 e. The van der Waals surface area contributed by atoms with E-state index < -0.39 is 12.8 Å². The minimum atomic E-state index is -4.36. The van der Waals surface area contributed by atoms with Crippen LogP contribution in [0.1, 0.15) is 19.4 Å². The highest BCUT2D eigenvalue weighted by Gasteiger charge is 2.28. The van der Waals surface area contributed by atoms with Gasteiger partial charge in [-0.3, -0.25) is 0 Å². The topological polar surface area (TPSA) is 30.5 Å². The van der Waals surface area contributed by atoms with Gasteiger partial charge in [-0.25, -0.2) is 0 Å². The predicted molar refractivity (Wildman–Crippen MR) is 71.1 cm³/mol. The third kappa shape index (κ3) is 6.14. The zero-order chi connectivity index (χ0) is 15.2. The SMILES string of the molecule is COc1cc(CNCC(C)C)ccc1OCC(F)(F)F. The number of alkyl halides is 3. The zero-order valence-corrected chi connectivity index (χ0v) is 11.9. The van der Waals surface area contributed by atoms with Crippen molar-refractivity contribution in [3.63, 3.8) is 0 Å². The third-order valence-corrected chi connectivity index (χ3v) is 2.50. The Morgan fingerprint density at radius 3 is 2.45 bits per heavy atom. The molecule has 0 bridgehead atoms. The van der Waals surface area contributed by atoms with Gasteiger partial charge in [-0.05, 0) is 30.2 Å². The highest BCUT2D eigenvalue weighted by molar-refractivity contribution is 5.43. The molecule has 0 spiro atoms. The third-order valence-electron chi connectivity index (χ3n) is 2.50. The van der Waals surface area contributed by atoms with Crippen molar-refractivity contribution in [1.82, 2.24) is 5.32 Å². The van der Waals surface area contributed by atoms with Crippen LogP contribution in [-0.2, 0) is 6.54 Å². The molecule has 20 heavy (non-hydrogen) atoms. The van der Waals surface area contributed by atoms with Crippen LogP contribution < -0.4 is 14.8 Å². The van der Waals surface area contributed by atoms with E-state index in [0.717, 1.165) is 12.1 Å². The van der Waals surface area contributed by atoms with Crippen molar-refractivity contribution in [3.8, 4) is 11.5 Å². The summed E-state index contributed by atoms with van der Waals surface area (Å²) in [6, 6.07) is 4.90. The first kappa shape index (κ1) is 16.6. The standard InChI is InChI=1S/C14H20F3NO2/c1-10(2)7-18-8-11-4-5-12(13(6-11)19-3)20-9-14(15,16)17/h4-6,10,18H,7-9H2,1-3H3. The Morgan fingerprint density at radius 2 is 1.90 bits per heavy atom. The maximum Gasteiger partial charge on any atom is 0.422 e. The molecule has 6 heteroatoms. The lowest BCUT2D eigenvalue weighted by molar-refractivity contribution is -0.153. The van der Waals surface area contributed by atoms with Crippen LogP contribution in [0, 0.1) is 5.92 Å². The molecule has 1 N–H and O–H groups in total. The van der Waals surface area contributed by atoms with Crippen molar-refractivity contribution in [3.05, 3.63) is 23.8 Å². The van der Waals surface area contributed by atoms with Gasteiger partial charge in [-0.1, -0.05) is 19.9 Å². The molecule has 0 saturated heterocycles. The first-order valence-electron chi connectivity index (χ1n) is 6.39. The van der Waals surface area contributed by atoms with Crippen LogP contribution in [-0.4, -0.2) is 26.4 Å². The fourth-order valence-electron chi connectivity index (χ4n) is 1.61. The van der Waals surface area contributed by atoms with E-state index in [-0.39, 0.29) is 5.75 Å². The molecule has 114 valence electrons. The number of ether oxygens (including phenoxy) is 2. The van der Waals surface area contributed by atoms with E-state index in [4.69, 9.17) is 9.47 Å². The summed E-state index contributed by atoms with van der Waals surface area (Å²) < 4.78 is 46.1. The Morgan fingerprint density at radius 1 is 1.20 bits per heavy atom. The van der Waals surface area contributed by atoms with Crippen molar-refractivity contribution in [2.45, 2.75) is 26.6 Å². The highest BCUT2D eigenvalue weighted by Crippen LogP contribution is 2.29. The van der Waals surface area contributed by atoms with Crippen molar-refractivity contribution < 1.29 is 22.6 Å². The van der Waals surface area contributed by atoms with Gasteiger partial charge in [0.15, 0.2) is 18.1 Å². The van der Waals surface area contributed by atoms with E-state index in [1.54, 1.807) is 12.1 Å². The molecule has 0 unspecified atom stereocenters. The second kappa shape index (κ2) is 7.38. The van der Waals surface area contributed by atoms with Crippen LogP contribution in [0.3, 0.4) is 0 Å². The highest BCUT2D eigenvalue weighted by atomic mass is 19.4. The van der Waals surface area contributed by atoms with Crippen LogP contribution in [0.2, 0.25) is 0 Å². The second-order valence-corrected chi connectivity index (χ2v) is 4.91. The van der Waals surface area contributed by atoms with E-state index in [1.807, 2.05) is 0 Å². The summed E-state index contributed by atoms with van der Waals surface area (Å²) in [5.74, 6) is 0.932. The molecule has 1 aromatic carbocycles. The van der Waals surface area contributed by atoms with E-state index >= 15 is 0 Å². The molecule has 0 saturated carbocycles. The van der Waals surface area contributed by atoms with Gasteiger partial charge in [-0.2, -0.15) is 13.2 Å². The summed E-state index contributed by atoms with van der Waals surface area (Å²) in [7, 11) is 1.40. The van der Waals surface area contributed by atoms with Crippen molar-refractivity contribution in [2.24, 2.45) is 5.92 Å². The maximum absolute atomic E-state index is 12.1. The number of rotatable bonds is 7. The number of hydrogen-bond donors (Lipinski definition) is 1. The van der Waals surface area contributed by atoms with Gasteiger partial charge in [0.05, 0.1) is 7.11 Å². The van der Waals surface area contributed by atoms with E-state index in [1.165, 1.54) is 13.2 Å². The molecule has 3 nitrogen and oxygen atoms in total. The molecule has 1 rings (SSSR count). The van der Waals surface area contributed by atoms with Crippen LogP contribution >= 0.6 is 0 Å². The normalized spacial score (nSPS) is 11.8. The van der Waals surface area contributed by atoms with Crippen molar-refractivity contribution in [2.75, 3.05) is 20.3 Å². The first-order valence-corrected chi connectivity index (χ1v) is 6.39. The molecule has 0 aromatic heterocycles. The molecule has 0 aliphatic rings. The molecular formula is C14H20F3NO2. The maximum atomic E-state index is 12.1. The molecular weight excluding hydrogens is 271 g/mol. The predicted octanol–water partition coefficient (Wildman–Crippen LogP) is 3.38. The van der Waals surface area contributed by atoms with Gasteiger partial charge < -0.3 is 14.8 Å². The summed E-state index contributed by atoms with van der Waals surface area (Å²) in [5, 5.41) is 3.25. The van der Waals surface area contributed by atoms with Crippen LogP contribution in [0.25, 0.3) is 0 Å². The fourth-order valence-corrected chi connectivity index (χ4v) is 1.61. The van der Waals surface area contributed by atoms with Gasteiger partial charge in [0.1, 0.15) is 0 Å². The Bertz CT molecular complexity index is 419. The lowest BCUT2D eigenvalue weighted by atomic mass is 10.2. The minimum Gasteiger partial charge on any atom is -0.493 e. The Kier molecular flexibility index (Phi) is 6.13. The number of benzene rings is 1. The number of methoxy groups -OCH3 is 1. The van der Waals surface area contributed by atoms with Crippen molar-refractivity contribution >= 4 is 0 Å². The Hall–Kier alpha value is -1.43. The number of halogens is 3. The van der Waals surface area contributed by atoms with Gasteiger partial charge in [0.2, 0.25) is 0 Å². The first-order chi connectivity index (χ1) is 9.31. The van der Waals surface area contributed by atoms with Crippen LogP contribution in [0.5, 0.6) is 11.5 Å². The molecule has 0 atom stereocenters. The second-order valence-electron chi connectivity index (χ2n) is 4.91. The molecule has 0 aliphatic carbocycles. The van der Waals surface area contributed by atoms with Crippen molar-refractivity contribution in [1.29, 1.82) is 0 Å². The average molecular weight is 291 g/mol. The fraction of sp³-hybridized carbons (Fsp3) is 0.571. The van der Waals surface area contributed by atoms with E-state index in [0.29, 0.717) is 18.2 Å². The molecule has 0 heterocycles. The van der Waals surface area contributed by atoms with E-state index in [2.05, 4.69) is 19.2 Å². The van der Waals surface area contributed by atoms with Gasteiger partial charge >= 0.3 is 6.18 Å². The Balaban J connectivity index is 2.65. The summed E-state index contributed by atoms with van der Waals surface area (Å²) in [5.41, 5.74) is 0.932. The van der Waals surface area contributed by atoms with E-state index in [9.17, 15) is 13.2 Å². The number of hydrogen-bond acceptors (Lipinski definition) is 3. The monoisotopic (exact) mass is 291 g/mol. The van der Waals surface area contributed by atoms with Gasteiger partial charge in [0, 0.05) is 6.54 Å². The summed E-state index contributed by atoms with van der Waals surface area (Å²) in [6.07, 6.45) is -4.36. The molecule has 0 radical (unpaired) electrons. The summed E-state index contributed by atoms with van der Waals surface area (Å²) >= 11 is 0. The lowest BCUT2D eigenvalue weighted by Gasteiger charge is -2.14. The Labute approximate surface area is 117 Å². The van der Waals surface area contributed by atoms with Crippen LogP contribution in [0.4, 0.5) is 13.2 Å². The molecule has 1 aromatic rings. The van der Waals surface area contributed by atoms with Gasteiger partial charge in [0.25, 0.3) is 0 Å². The molecule has 0 aliphatic heterocycles. The zero-order valence-electron chi connectivity index (χ0n) is 11.9. The summed E-state index contributed by atoms with van der Waals surface area (Å²) in [4.78, 5) is 0.